The van der Waals surface area contributed by atoms with Crippen LogP contribution in [0.1, 0.15) is 44.1 Å². The van der Waals surface area contributed by atoms with Crippen molar-refractivity contribution >= 4 is 0 Å². The van der Waals surface area contributed by atoms with Gasteiger partial charge in [0.25, 0.3) is 0 Å². The Bertz CT molecular complexity index is 411. The molecule has 1 heteroatoms. The number of likely N-dealkylation sites (tertiary alicyclic amines) is 1. The van der Waals surface area contributed by atoms with Gasteiger partial charge in [-0.2, -0.15) is 0 Å². The Morgan fingerprint density at radius 2 is 1.70 bits per heavy atom. The van der Waals surface area contributed by atoms with Gasteiger partial charge in [0, 0.05) is 12.1 Å². The van der Waals surface area contributed by atoms with Gasteiger partial charge >= 0.3 is 0 Å². The minimum absolute atomic E-state index is 0.232. The molecule has 0 saturated carbocycles. The molecule has 1 nitrogen and oxygen atoms in total. The smallest absolute Gasteiger partial charge is 0.0281 e. The molecule has 1 heterocycles. The first-order chi connectivity index (χ1) is 9.80. The van der Waals surface area contributed by atoms with E-state index in [0.717, 1.165) is 19.4 Å². The summed E-state index contributed by atoms with van der Waals surface area (Å²) in [5.41, 5.74) is 1.64. The first-order valence-electron chi connectivity index (χ1n) is 7.81. The molecular formula is C19H27N. The van der Waals surface area contributed by atoms with Gasteiger partial charge in [-0.15, -0.1) is 13.2 Å². The van der Waals surface area contributed by atoms with Crippen LogP contribution in [0.25, 0.3) is 0 Å². The van der Waals surface area contributed by atoms with E-state index in [0.29, 0.717) is 0 Å². The zero-order chi connectivity index (χ0) is 14.3. The van der Waals surface area contributed by atoms with Crippen molar-refractivity contribution < 1.29 is 0 Å². The zero-order valence-corrected chi connectivity index (χ0v) is 12.6. The molecule has 2 rings (SSSR count). The number of benzene rings is 1. The first-order valence-corrected chi connectivity index (χ1v) is 7.81. The summed E-state index contributed by atoms with van der Waals surface area (Å²) < 4.78 is 0. The van der Waals surface area contributed by atoms with Crippen molar-refractivity contribution in [3.05, 3.63) is 61.2 Å². The van der Waals surface area contributed by atoms with E-state index in [2.05, 4.69) is 60.5 Å². The highest BCUT2D eigenvalue weighted by atomic mass is 15.2. The molecule has 0 atom stereocenters. The topological polar surface area (TPSA) is 3.24 Å². The van der Waals surface area contributed by atoms with Crippen molar-refractivity contribution in [2.45, 2.75) is 50.6 Å². The second-order valence-corrected chi connectivity index (χ2v) is 5.93. The van der Waals surface area contributed by atoms with Crippen LogP contribution in [0.5, 0.6) is 0 Å². The Labute approximate surface area is 124 Å². The Morgan fingerprint density at radius 3 is 2.35 bits per heavy atom. The van der Waals surface area contributed by atoms with Crippen LogP contribution in [0.3, 0.4) is 0 Å². The van der Waals surface area contributed by atoms with Gasteiger partial charge in [-0.1, -0.05) is 55.3 Å². The molecule has 0 unspecified atom stereocenters. The number of hydrogen-bond donors (Lipinski definition) is 0. The van der Waals surface area contributed by atoms with Crippen LogP contribution < -0.4 is 0 Å². The molecule has 1 saturated heterocycles. The third-order valence-electron chi connectivity index (χ3n) is 4.51. The summed E-state index contributed by atoms with van der Waals surface area (Å²) in [5, 5.41) is 0. The minimum atomic E-state index is 0.232. The third-order valence-corrected chi connectivity index (χ3v) is 4.51. The molecule has 1 fully saturated rings. The van der Waals surface area contributed by atoms with E-state index in [1.807, 2.05) is 0 Å². The van der Waals surface area contributed by atoms with Gasteiger partial charge in [0.15, 0.2) is 0 Å². The molecule has 0 aromatic heterocycles. The minimum Gasteiger partial charge on any atom is -0.293 e. The molecule has 1 aliphatic rings. The van der Waals surface area contributed by atoms with E-state index in [1.54, 1.807) is 0 Å². The van der Waals surface area contributed by atoms with E-state index >= 15 is 0 Å². The van der Waals surface area contributed by atoms with Gasteiger partial charge in [-0.3, -0.25) is 4.90 Å². The van der Waals surface area contributed by atoms with E-state index < -0.39 is 0 Å². The maximum atomic E-state index is 3.99. The predicted molar refractivity (Wildman–Crippen MR) is 87.7 cm³/mol. The van der Waals surface area contributed by atoms with Gasteiger partial charge in [0.2, 0.25) is 0 Å². The lowest BCUT2D eigenvalue weighted by Gasteiger charge is -2.42. The van der Waals surface area contributed by atoms with E-state index in [4.69, 9.17) is 0 Å². The lowest BCUT2D eigenvalue weighted by Crippen LogP contribution is -2.47. The predicted octanol–water partition coefficient (Wildman–Crippen LogP) is 4.95. The van der Waals surface area contributed by atoms with Gasteiger partial charge in [-0.25, -0.2) is 0 Å². The van der Waals surface area contributed by atoms with Crippen molar-refractivity contribution in [1.29, 1.82) is 0 Å². The molecule has 0 amide bonds. The molecule has 1 aromatic carbocycles. The van der Waals surface area contributed by atoms with Crippen LogP contribution >= 0.6 is 0 Å². The molecule has 108 valence electrons. The van der Waals surface area contributed by atoms with Crippen molar-refractivity contribution in [1.82, 2.24) is 4.90 Å². The van der Waals surface area contributed by atoms with Crippen LogP contribution in [0.4, 0.5) is 0 Å². The largest absolute Gasteiger partial charge is 0.293 e. The SMILES string of the molecule is C=CCC1(CC=C)CCCCCN1Cc1ccccc1. The van der Waals surface area contributed by atoms with Gasteiger partial charge in [0.05, 0.1) is 0 Å². The van der Waals surface area contributed by atoms with Crippen molar-refractivity contribution in [3.8, 4) is 0 Å². The summed E-state index contributed by atoms with van der Waals surface area (Å²) in [6, 6.07) is 10.8. The summed E-state index contributed by atoms with van der Waals surface area (Å²) in [4.78, 5) is 2.68. The average molecular weight is 269 g/mol. The fourth-order valence-electron chi connectivity index (χ4n) is 3.46. The molecule has 20 heavy (non-hydrogen) atoms. The molecule has 0 radical (unpaired) electrons. The summed E-state index contributed by atoms with van der Waals surface area (Å²) >= 11 is 0. The van der Waals surface area contributed by atoms with Gasteiger partial charge < -0.3 is 0 Å². The third kappa shape index (κ3) is 3.61. The second-order valence-electron chi connectivity index (χ2n) is 5.93. The van der Waals surface area contributed by atoms with Crippen molar-refractivity contribution in [3.63, 3.8) is 0 Å². The van der Waals surface area contributed by atoms with Crippen LogP contribution in [0, 0.1) is 0 Å². The second kappa shape index (κ2) is 7.44. The van der Waals surface area contributed by atoms with Crippen molar-refractivity contribution in [2.24, 2.45) is 0 Å². The Kier molecular flexibility index (Phi) is 5.60. The molecule has 0 spiro atoms. The number of hydrogen-bond acceptors (Lipinski definition) is 1. The van der Waals surface area contributed by atoms with Crippen LogP contribution in [-0.2, 0) is 6.54 Å². The monoisotopic (exact) mass is 269 g/mol. The standard InChI is InChI=1S/C19H27N/c1-3-13-19(14-4-2)15-9-6-10-16-20(19)17-18-11-7-5-8-12-18/h3-5,7-8,11-12H,1-2,6,9-10,13-17H2. The van der Waals surface area contributed by atoms with Crippen LogP contribution in [0.2, 0.25) is 0 Å². The maximum absolute atomic E-state index is 3.99. The quantitative estimate of drug-likeness (QED) is 0.660. The van der Waals surface area contributed by atoms with E-state index in [1.165, 1.54) is 37.8 Å². The summed E-state index contributed by atoms with van der Waals surface area (Å²) in [6.45, 7) is 10.2. The molecule has 0 aliphatic carbocycles. The number of rotatable bonds is 6. The molecule has 0 N–H and O–H groups in total. The summed E-state index contributed by atoms with van der Waals surface area (Å²) in [6.07, 6.45) is 11.5. The van der Waals surface area contributed by atoms with Gasteiger partial charge in [-0.05, 0) is 37.8 Å². The molecular weight excluding hydrogens is 242 g/mol. The Balaban J connectivity index is 2.22. The highest BCUT2D eigenvalue weighted by Gasteiger charge is 2.35. The molecule has 0 bridgehead atoms. The van der Waals surface area contributed by atoms with Gasteiger partial charge in [0.1, 0.15) is 0 Å². The zero-order valence-electron chi connectivity index (χ0n) is 12.6. The fraction of sp³-hybridized carbons (Fsp3) is 0.474. The molecule has 1 aliphatic heterocycles. The highest BCUT2D eigenvalue weighted by molar-refractivity contribution is 5.15. The van der Waals surface area contributed by atoms with E-state index in [-0.39, 0.29) is 5.54 Å². The Hall–Kier alpha value is -1.34. The maximum Gasteiger partial charge on any atom is 0.0281 e. The van der Waals surface area contributed by atoms with Crippen LogP contribution in [-0.4, -0.2) is 17.0 Å². The number of nitrogens with zero attached hydrogens (tertiary/aromatic N) is 1. The van der Waals surface area contributed by atoms with Crippen molar-refractivity contribution in [2.75, 3.05) is 6.54 Å². The average Bonchev–Trinajstić information content (AvgIpc) is 2.65. The molecule has 1 aromatic rings. The Morgan fingerprint density at radius 1 is 1.00 bits per heavy atom. The lowest BCUT2D eigenvalue weighted by molar-refractivity contribution is 0.0841. The van der Waals surface area contributed by atoms with Crippen LogP contribution in [0.15, 0.2) is 55.6 Å². The summed E-state index contributed by atoms with van der Waals surface area (Å²) in [7, 11) is 0. The normalized spacial score (nSPS) is 19.2. The summed E-state index contributed by atoms with van der Waals surface area (Å²) in [5.74, 6) is 0. The first kappa shape index (κ1) is 15.1. The lowest BCUT2D eigenvalue weighted by atomic mass is 9.84. The highest BCUT2D eigenvalue weighted by Crippen LogP contribution is 2.35. The fourth-order valence-corrected chi connectivity index (χ4v) is 3.46. The van der Waals surface area contributed by atoms with E-state index in [9.17, 15) is 0 Å².